The van der Waals surface area contributed by atoms with E-state index < -0.39 is 0 Å². The van der Waals surface area contributed by atoms with Gasteiger partial charge in [-0.1, -0.05) is 6.07 Å². The van der Waals surface area contributed by atoms with Crippen LogP contribution in [0.1, 0.15) is 10.4 Å². The lowest BCUT2D eigenvalue weighted by molar-refractivity contribution is 0.0603. The lowest BCUT2D eigenvalue weighted by Crippen LogP contribution is -2.01. The molecule has 0 atom stereocenters. The second-order valence-electron chi connectivity index (χ2n) is 3.73. The Labute approximate surface area is 107 Å². The van der Waals surface area contributed by atoms with E-state index in [1.165, 1.54) is 7.11 Å². The molecule has 0 amide bonds. The Morgan fingerprint density at radius 1 is 1.39 bits per heavy atom. The van der Waals surface area contributed by atoms with Crippen LogP contribution in [0.4, 0.5) is 0 Å². The number of thiazole rings is 1. The SMILES string of the molecule is COC(=O)c1cccc2c1ccn2-c1nccs1. The van der Waals surface area contributed by atoms with Crippen molar-refractivity contribution in [1.29, 1.82) is 0 Å². The number of benzene rings is 1. The first-order valence-corrected chi connectivity index (χ1v) is 6.27. The summed E-state index contributed by atoms with van der Waals surface area (Å²) in [5.41, 5.74) is 1.53. The van der Waals surface area contributed by atoms with E-state index in [4.69, 9.17) is 4.74 Å². The molecule has 0 bridgehead atoms. The van der Waals surface area contributed by atoms with Crippen LogP contribution in [0.25, 0.3) is 16.0 Å². The highest BCUT2D eigenvalue weighted by Gasteiger charge is 2.13. The van der Waals surface area contributed by atoms with Gasteiger partial charge in [-0.15, -0.1) is 11.3 Å². The molecule has 5 heteroatoms. The molecule has 1 aromatic carbocycles. The average molecular weight is 258 g/mol. The molecule has 4 nitrogen and oxygen atoms in total. The molecule has 3 rings (SSSR count). The molecule has 0 N–H and O–H groups in total. The minimum absolute atomic E-state index is 0.322. The van der Waals surface area contributed by atoms with E-state index in [0.29, 0.717) is 5.56 Å². The molecule has 3 aromatic rings. The molecular weight excluding hydrogens is 248 g/mol. The van der Waals surface area contributed by atoms with Gasteiger partial charge < -0.3 is 4.74 Å². The van der Waals surface area contributed by atoms with Gasteiger partial charge in [0.15, 0.2) is 5.13 Å². The van der Waals surface area contributed by atoms with Crippen LogP contribution in [0.3, 0.4) is 0 Å². The smallest absolute Gasteiger partial charge is 0.338 e. The third-order valence-corrected chi connectivity index (χ3v) is 3.53. The van der Waals surface area contributed by atoms with Gasteiger partial charge >= 0.3 is 5.97 Å². The van der Waals surface area contributed by atoms with Gasteiger partial charge in [0, 0.05) is 23.2 Å². The van der Waals surface area contributed by atoms with Gasteiger partial charge in [-0.05, 0) is 18.2 Å². The van der Waals surface area contributed by atoms with E-state index in [2.05, 4.69) is 4.98 Å². The Morgan fingerprint density at radius 2 is 2.28 bits per heavy atom. The lowest BCUT2D eigenvalue weighted by atomic mass is 10.1. The molecule has 0 aliphatic rings. The zero-order chi connectivity index (χ0) is 12.5. The fourth-order valence-corrected chi connectivity index (χ4v) is 2.60. The molecule has 0 aliphatic carbocycles. The summed E-state index contributed by atoms with van der Waals surface area (Å²) in [5, 5.41) is 3.68. The lowest BCUT2D eigenvalue weighted by Gasteiger charge is -2.03. The fraction of sp³-hybridized carbons (Fsp3) is 0.0769. The van der Waals surface area contributed by atoms with Crippen LogP contribution >= 0.6 is 11.3 Å². The number of aromatic nitrogens is 2. The van der Waals surface area contributed by atoms with Gasteiger partial charge in [-0.2, -0.15) is 0 Å². The maximum atomic E-state index is 11.7. The van der Waals surface area contributed by atoms with E-state index in [-0.39, 0.29) is 5.97 Å². The molecule has 2 aromatic heterocycles. The highest BCUT2D eigenvalue weighted by molar-refractivity contribution is 7.12. The zero-order valence-electron chi connectivity index (χ0n) is 9.66. The molecule has 90 valence electrons. The van der Waals surface area contributed by atoms with Crippen molar-refractivity contribution in [3.05, 3.63) is 47.6 Å². The summed E-state index contributed by atoms with van der Waals surface area (Å²) < 4.78 is 6.75. The largest absolute Gasteiger partial charge is 0.465 e. The normalized spacial score (nSPS) is 10.7. The number of carbonyl (C=O) groups is 1. The number of hydrogen-bond donors (Lipinski definition) is 0. The summed E-state index contributed by atoms with van der Waals surface area (Å²) in [7, 11) is 1.39. The van der Waals surface area contributed by atoms with Crippen molar-refractivity contribution in [2.45, 2.75) is 0 Å². The predicted molar refractivity (Wildman–Crippen MR) is 70.3 cm³/mol. The maximum Gasteiger partial charge on any atom is 0.338 e. The summed E-state index contributed by atoms with van der Waals surface area (Å²) in [6.45, 7) is 0. The summed E-state index contributed by atoms with van der Waals surface area (Å²) >= 11 is 1.55. The second-order valence-corrected chi connectivity index (χ2v) is 4.60. The molecule has 0 unspecified atom stereocenters. The molecule has 0 fully saturated rings. The summed E-state index contributed by atoms with van der Waals surface area (Å²) in [6, 6.07) is 7.48. The van der Waals surface area contributed by atoms with E-state index in [1.54, 1.807) is 23.6 Å². The number of methoxy groups -OCH3 is 1. The van der Waals surface area contributed by atoms with Gasteiger partial charge in [0.1, 0.15) is 0 Å². The van der Waals surface area contributed by atoms with Crippen LogP contribution in [0.15, 0.2) is 42.0 Å². The van der Waals surface area contributed by atoms with Crippen molar-refractivity contribution in [2.75, 3.05) is 7.11 Å². The van der Waals surface area contributed by atoms with Gasteiger partial charge in [-0.25, -0.2) is 9.78 Å². The van der Waals surface area contributed by atoms with Crippen molar-refractivity contribution in [3.8, 4) is 5.13 Å². The Balaban J connectivity index is 2.24. The van der Waals surface area contributed by atoms with E-state index >= 15 is 0 Å². The average Bonchev–Trinajstić information content (AvgIpc) is 3.05. The quantitative estimate of drug-likeness (QED) is 0.664. The van der Waals surface area contributed by atoms with E-state index in [0.717, 1.165) is 16.0 Å². The first-order valence-electron chi connectivity index (χ1n) is 5.39. The Bertz CT molecular complexity index is 701. The minimum atomic E-state index is -0.322. The van der Waals surface area contributed by atoms with Crippen LogP contribution in [-0.4, -0.2) is 22.6 Å². The van der Waals surface area contributed by atoms with Crippen LogP contribution in [-0.2, 0) is 4.74 Å². The molecule has 18 heavy (non-hydrogen) atoms. The standard InChI is InChI=1S/C13H10N2O2S/c1-17-12(16)10-3-2-4-11-9(10)5-7-15(11)13-14-6-8-18-13/h2-8H,1H3. The molecule has 0 aliphatic heterocycles. The summed E-state index contributed by atoms with van der Waals surface area (Å²) in [6.07, 6.45) is 3.67. The third-order valence-electron chi connectivity index (χ3n) is 2.76. The van der Waals surface area contributed by atoms with Crippen LogP contribution in [0.2, 0.25) is 0 Å². The molecule has 0 saturated heterocycles. The number of rotatable bonds is 2. The number of hydrogen-bond acceptors (Lipinski definition) is 4. The Morgan fingerprint density at radius 3 is 3.00 bits per heavy atom. The van der Waals surface area contributed by atoms with Crippen LogP contribution < -0.4 is 0 Å². The van der Waals surface area contributed by atoms with Crippen molar-refractivity contribution in [1.82, 2.24) is 9.55 Å². The summed E-state index contributed by atoms with van der Waals surface area (Å²) in [5.74, 6) is -0.322. The maximum absolute atomic E-state index is 11.7. The minimum Gasteiger partial charge on any atom is -0.465 e. The number of ether oxygens (including phenoxy) is 1. The molecule has 2 heterocycles. The number of nitrogens with zero attached hydrogens (tertiary/aromatic N) is 2. The summed E-state index contributed by atoms with van der Waals surface area (Å²) in [4.78, 5) is 15.9. The molecule has 0 radical (unpaired) electrons. The van der Waals surface area contributed by atoms with Gasteiger partial charge in [0.2, 0.25) is 0 Å². The second kappa shape index (κ2) is 4.27. The van der Waals surface area contributed by atoms with Crippen molar-refractivity contribution in [2.24, 2.45) is 0 Å². The molecule has 0 saturated carbocycles. The van der Waals surface area contributed by atoms with E-state index in [1.807, 2.05) is 34.3 Å². The Hall–Kier alpha value is -2.14. The van der Waals surface area contributed by atoms with Gasteiger partial charge in [-0.3, -0.25) is 4.57 Å². The molecular formula is C13H10N2O2S. The first kappa shape index (κ1) is 11.0. The van der Waals surface area contributed by atoms with Crippen molar-refractivity contribution in [3.63, 3.8) is 0 Å². The predicted octanol–water partition coefficient (Wildman–Crippen LogP) is 2.87. The monoisotopic (exact) mass is 258 g/mol. The number of carbonyl (C=O) groups excluding carboxylic acids is 1. The van der Waals surface area contributed by atoms with Gasteiger partial charge in [0.25, 0.3) is 0 Å². The highest BCUT2D eigenvalue weighted by atomic mass is 32.1. The van der Waals surface area contributed by atoms with E-state index in [9.17, 15) is 4.79 Å². The van der Waals surface area contributed by atoms with Crippen LogP contribution in [0.5, 0.6) is 0 Å². The fourth-order valence-electron chi connectivity index (χ4n) is 1.96. The third kappa shape index (κ3) is 1.60. The topological polar surface area (TPSA) is 44.1 Å². The van der Waals surface area contributed by atoms with Gasteiger partial charge in [0.05, 0.1) is 18.2 Å². The number of fused-ring (bicyclic) bond motifs is 1. The van der Waals surface area contributed by atoms with Crippen molar-refractivity contribution < 1.29 is 9.53 Å². The molecule has 0 spiro atoms. The van der Waals surface area contributed by atoms with Crippen molar-refractivity contribution >= 4 is 28.2 Å². The number of esters is 1. The zero-order valence-corrected chi connectivity index (χ0v) is 10.5. The first-order chi connectivity index (χ1) is 8.81. The highest BCUT2D eigenvalue weighted by Crippen LogP contribution is 2.24. The van der Waals surface area contributed by atoms with Crippen LogP contribution in [0, 0.1) is 0 Å². The Kier molecular flexibility index (Phi) is 2.60.